The zero-order chi connectivity index (χ0) is 14.4. The Balaban J connectivity index is 2.02. The molecule has 2 aromatic carbocycles. The molecule has 0 saturated carbocycles. The molecule has 2 N–H and O–H groups in total. The van der Waals surface area contributed by atoms with Gasteiger partial charge in [-0.3, -0.25) is 0 Å². The van der Waals surface area contributed by atoms with Crippen molar-refractivity contribution < 1.29 is 8.78 Å². The van der Waals surface area contributed by atoms with Crippen LogP contribution in [0.2, 0.25) is 0 Å². The molecule has 0 aliphatic carbocycles. The number of hydrogen-bond acceptors (Lipinski definition) is 2. The number of benzene rings is 2. The van der Waals surface area contributed by atoms with Crippen LogP contribution in [-0.4, -0.2) is 6.54 Å². The van der Waals surface area contributed by atoms with E-state index in [1.54, 1.807) is 0 Å². The summed E-state index contributed by atoms with van der Waals surface area (Å²) >= 11 is 1.27. The van der Waals surface area contributed by atoms with Gasteiger partial charge in [-0.15, -0.1) is 11.8 Å². The molecule has 0 amide bonds. The quantitative estimate of drug-likeness (QED) is 0.690. The van der Waals surface area contributed by atoms with E-state index in [1.807, 2.05) is 24.3 Å². The smallest absolute Gasteiger partial charge is 0.136 e. The molecular weight excluding hydrogens is 276 g/mol. The summed E-state index contributed by atoms with van der Waals surface area (Å²) in [6, 6.07) is 11.1. The number of halogens is 2. The summed E-state index contributed by atoms with van der Waals surface area (Å²) in [6.45, 7) is 0.330. The second-order valence-electron chi connectivity index (χ2n) is 4.07. The highest BCUT2D eigenvalue weighted by Gasteiger charge is 2.04. The third-order valence-corrected chi connectivity index (χ3v) is 3.68. The van der Waals surface area contributed by atoms with E-state index in [-0.39, 0.29) is 0 Å². The SMILES string of the molecule is NCC#Cc1ccc(CSc2cc(F)ccc2F)cc1. The lowest BCUT2D eigenvalue weighted by Gasteiger charge is -2.04. The Kier molecular flexibility index (Phi) is 5.16. The number of hydrogen-bond donors (Lipinski definition) is 1. The third-order valence-electron chi connectivity index (χ3n) is 2.58. The number of thioether (sulfide) groups is 1. The van der Waals surface area contributed by atoms with Crippen molar-refractivity contribution in [3.05, 3.63) is 65.2 Å². The van der Waals surface area contributed by atoms with Gasteiger partial charge in [0.2, 0.25) is 0 Å². The Morgan fingerprint density at radius 2 is 1.80 bits per heavy atom. The molecule has 0 bridgehead atoms. The Bertz CT molecular complexity index is 642. The summed E-state index contributed by atoms with van der Waals surface area (Å²) in [5.74, 6) is 5.45. The molecule has 0 aliphatic rings. The first-order valence-electron chi connectivity index (χ1n) is 6.05. The van der Waals surface area contributed by atoms with Crippen molar-refractivity contribution in [1.29, 1.82) is 0 Å². The number of rotatable bonds is 3. The van der Waals surface area contributed by atoms with Crippen molar-refractivity contribution in [3.63, 3.8) is 0 Å². The summed E-state index contributed by atoms with van der Waals surface area (Å²) in [6.07, 6.45) is 0. The Morgan fingerprint density at radius 1 is 1.05 bits per heavy atom. The summed E-state index contributed by atoms with van der Waals surface area (Å²) in [5.41, 5.74) is 7.22. The highest BCUT2D eigenvalue weighted by atomic mass is 32.2. The van der Waals surface area contributed by atoms with Gasteiger partial charge in [-0.2, -0.15) is 0 Å². The van der Waals surface area contributed by atoms with Gasteiger partial charge in [0, 0.05) is 16.2 Å². The lowest BCUT2D eigenvalue weighted by atomic mass is 10.1. The van der Waals surface area contributed by atoms with Crippen molar-refractivity contribution in [2.24, 2.45) is 5.73 Å². The van der Waals surface area contributed by atoms with Gasteiger partial charge in [-0.25, -0.2) is 8.78 Å². The van der Waals surface area contributed by atoms with Gasteiger partial charge in [0.1, 0.15) is 11.6 Å². The fraction of sp³-hybridized carbons (Fsp3) is 0.125. The predicted octanol–water partition coefficient (Wildman–Crippen LogP) is 3.57. The molecule has 4 heteroatoms. The monoisotopic (exact) mass is 289 g/mol. The van der Waals surface area contributed by atoms with Crippen molar-refractivity contribution in [2.45, 2.75) is 10.6 Å². The minimum Gasteiger partial charge on any atom is -0.320 e. The summed E-state index contributed by atoms with van der Waals surface area (Å²) in [5, 5.41) is 0. The lowest BCUT2D eigenvalue weighted by Crippen LogP contribution is -1.93. The van der Waals surface area contributed by atoms with Gasteiger partial charge in [0.25, 0.3) is 0 Å². The van der Waals surface area contributed by atoms with Crippen LogP contribution in [0.15, 0.2) is 47.4 Å². The number of nitrogens with two attached hydrogens (primary N) is 1. The molecule has 102 valence electrons. The van der Waals surface area contributed by atoms with Crippen LogP contribution in [0.25, 0.3) is 0 Å². The van der Waals surface area contributed by atoms with Gasteiger partial charge in [-0.1, -0.05) is 24.0 Å². The highest BCUT2D eigenvalue weighted by Crippen LogP contribution is 2.26. The minimum atomic E-state index is -0.429. The molecule has 20 heavy (non-hydrogen) atoms. The average molecular weight is 289 g/mol. The molecule has 1 nitrogen and oxygen atoms in total. The molecule has 0 radical (unpaired) electrons. The summed E-state index contributed by atoms with van der Waals surface area (Å²) in [4.78, 5) is 0.317. The van der Waals surface area contributed by atoms with Crippen LogP contribution >= 0.6 is 11.8 Å². The molecule has 0 aliphatic heterocycles. The first-order valence-corrected chi connectivity index (χ1v) is 7.03. The normalized spacial score (nSPS) is 9.95. The Morgan fingerprint density at radius 3 is 2.50 bits per heavy atom. The second kappa shape index (κ2) is 7.09. The topological polar surface area (TPSA) is 26.0 Å². The van der Waals surface area contributed by atoms with E-state index in [0.29, 0.717) is 17.2 Å². The molecule has 0 aromatic heterocycles. The van der Waals surface area contributed by atoms with Gasteiger partial charge >= 0.3 is 0 Å². The fourth-order valence-electron chi connectivity index (χ4n) is 1.59. The first-order chi connectivity index (χ1) is 9.69. The zero-order valence-corrected chi connectivity index (χ0v) is 11.5. The van der Waals surface area contributed by atoms with Gasteiger partial charge < -0.3 is 5.73 Å². The van der Waals surface area contributed by atoms with Crippen LogP contribution in [0.4, 0.5) is 8.78 Å². The van der Waals surface area contributed by atoms with E-state index in [1.165, 1.54) is 17.8 Å². The molecular formula is C16H13F2NS. The van der Waals surface area contributed by atoms with E-state index in [0.717, 1.165) is 23.3 Å². The Labute approximate surface area is 121 Å². The molecule has 2 aromatic rings. The molecule has 0 heterocycles. The van der Waals surface area contributed by atoms with E-state index < -0.39 is 11.6 Å². The molecule has 0 spiro atoms. The zero-order valence-electron chi connectivity index (χ0n) is 10.7. The Hall–Kier alpha value is -1.83. The lowest BCUT2D eigenvalue weighted by molar-refractivity contribution is 0.577. The van der Waals surface area contributed by atoms with Crippen LogP contribution in [-0.2, 0) is 5.75 Å². The summed E-state index contributed by atoms with van der Waals surface area (Å²) in [7, 11) is 0. The largest absolute Gasteiger partial charge is 0.320 e. The molecule has 0 fully saturated rings. The molecule has 0 saturated heterocycles. The van der Waals surface area contributed by atoms with E-state index in [9.17, 15) is 8.78 Å². The van der Waals surface area contributed by atoms with Crippen LogP contribution in [0.3, 0.4) is 0 Å². The van der Waals surface area contributed by atoms with E-state index in [4.69, 9.17) is 5.73 Å². The van der Waals surface area contributed by atoms with E-state index in [2.05, 4.69) is 11.8 Å². The summed E-state index contributed by atoms with van der Waals surface area (Å²) < 4.78 is 26.5. The molecule has 0 atom stereocenters. The average Bonchev–Trinajstić information content (AvgIpc) is 2.47. The fourth-order valence-corrected chi connectivity index (χ4v) is 2.50. The maximum atomic E-state index is 13.5. The maximum absolute atomic E-state index is 13.5. The second-order valence-corrected chi connectivity index (χ2v) is 5.08. The van der Waals surface area contributed by atoms with Crippen molar-refractivity contribution in [1.82, 2.24) is 0 Å². The van der Waals surface area contributed by atoms with Crippen LogP contribution in [0.5, 0.6) is 0 Å². The van der Waals surface area contributed by atoms with Crippen LogP contribution < -0.4 is 5.73 Å². The van der Waals surface area contributed by atoms with Gasteiger partial charge in [0.05, 0.1) is 6.54 Å². The van der Waals surface area contributed by atoms with Crippen molar-refractivity contribution in [2.75, 3.05) is 6.54 Å². The van der Waals surface area contributed by atoms with E-state index >= 15 is 0 Å². The van der Waals surface area contributed by atoms with Crippen molar-refractivity contribution >= 4 is 11.8 Å². The standard InChI is InChI=1S/C16H13F2NS/c17-14-7-8-15(18)16(10-14)20-11-13-5-3-12(4-6-13)2-1-9-19/h3-8,10H,9,11,19H2. The third kappa shape index (κ3) is 4.09. The minimum absolute atomic E-state index is 0.317. The van der Waals surface area contributed by atoms with Crippen molar-refractivity contribution in [3.8, 4) is 11.8 Å². The first kappa shape index (κ1) is 14.6. The van der Waals surface area contributed by atoms with Crippen LogP contribution in [0, 0.1) is 23.5 Å². The van der Waals surface area contributed by atoms with Gasteiger partial charge in [-0.05, 0) is 35.9 Å². The van der Waals surface area contributed by atoms with Gasteiger partial charge in [0.15, 0.2) is 0 Å². The predicted molar refractivity (Wildman–Crippen MR) is 78.3 cm³/mol. The van der Waals surface area contributed by atoms with Crippen LogP contribution in [0.1, 0.15) is 11.1 Å². The highest BCUT2D eigenvalue weighted by molar-refractivity contribution is 7.98. The molecule has 0 unspecified atom stereocenters. The molecule has 2 rings (SSSR count). The maximum Gasteiger partial charge on any atom is 0.136 e.